The second-order valence-electron chi connectivity index (χ2n) is 6.74. The highest BCUT2D eigenvalue weighted by atomic mass is 32.2. The van der Waals surface area contributed by atoms with E-state index in [2.05, 4.69) is 9.97 Å². The Labute approximate surface area is 160 Å². The van der Waals surface area contributed by atoms with E-state index < -0.39 is 10.2 Å². The van der Waals surface area contributed by atoms with Gasteiger partial charge in [0.2, 0.25) is 5.95 Å². The number of rotatable bonds is 5. The van der Waals surface area contributed by atoms with Gasteiger partial charge in [0.15, 0.2) is 0 Å². The predicted molar refractivity (Wildman–Crippen MR) is 105 cm³/mol. The van der Waals surface area contributed by atoms with E-state index in [-0.39, 0.29) is 11.9 Å². The Bertz CT molecular complexity index is 900. The zero-order chi connectivity index (χ0) is 19.6. The summed E-state index contributed by atoms with van der Waals surface area (Å²) in [5.41, 5.74) is 8.43. The minimum absolute atomic E-state index is 0.0455. The molecule has 1 atom stereocenters. The fourth-order valence-corrected chi connectivity index (χ4v) is 4.51. The van der Waals surface area contributed by atoms with Crippen LogP contribution in [-0.2, 0) is 10.2 Å². The molecule has 1 aromatic heterocycles. The average Bonchev–Trinajstić information content (AvgIpc) is 2.68. The Morgan fingerprint density at radius 1 is 1.26 bits per heavy atom. The summed E-state index contributed by atoms with van der Waals surface area (Å²) < 4.78 is 33.0. The van der Waals surface area contributed by atoms with Gasteiger partial charge in [-0.2, -0.15) is 17.0 Å². The van der Waals surface area contributed by atoms with Gasteiger partial charge in [-0.05, 0) is 30.5 Å². The first-order valence-electron chi connectivity index (χ1n) is 8.77. The molecule has 0 aliphatic carbocycles. The summed E-state index contributed by atoms with van der Waals surface area (Å²) in [6, 6.07) is 7.63. The van der Waals surface area contributed by atoms with Crippen molar-refractivity contribution in [2.45, 2.75) is 18.8 Å². The maximum absolute atomic E-state index is 12.5. The fraction of sp³-hybridized carbons (Fsp3) is 0.444. The third-order valence-corrected chi connectivity index (χ3v) is 6.70. The quantitative estimate of drug-likeness (QED) is 0.833. The lowest BCUT2D eigenvalue weighted by Crippen LogP contribution is -2.45. The van der Waals surface area contributed by atoms with Gasteiger partial charge in [-0.1, -0.05) is 12.1 Å². The number of piperidine rings is 1. The van der Waals surface area contributed by atoms with Gasteiger partial charge in [0, 0.05) is 44.9 Å². The van der Waals surface area contributed by atoms with Crippen molar-refractivity contribution in [1.82, 2.24) is 18.6 Å². The first kappa shape index (κ1) is 19.5. The second-order valence-corrected chi connectivity index (χ2v) is 8.89. The molecule has 1 fully saturated rings. The van der Waals surface area contributed by atoms with E-state index in [4.69, 9.17) is 10.5 Å². The third kappa shape index (κ3) is 4.05. The summed E-state index contributed by atoms with van der Waals surface area (Å²) in [4.78, 5) is 8.62. The minimum atomic E-state index is -3.46. The van der Waals surface area contributed by atoms with Crippen molar-refractivity contribution in [3.8, 4) is 16.9 Å². The highest BCUT2D eigenvalue weighted by Gasteiger charge is 2.32. The van der Waals surface area contributed by atoms with Gasteiger partial charge < -0.3 is 10.5 Å². The van der Waals surface area contributed by atoms with Crippen molar-refractivity contribution >= 4 is 16.2 Å². The third-order valence-electron chi connectivity index (χ3n) is 4.80. The molecule has 2 N–H and O–H groups in total. The van der Waals surface area contributed by atoms with E-state index in [1.54, 1.807) is 27.4 Å². The van der Waals surface area contributed by atoms with Crippen LogP contribution in [0.1, 0.15) is 24.5 Å². The lowest BCUT2D eigenvalue weighted by Gasteiger charge is -2.33. The number of aromatic nitrogens is 2. The number of methoxy groups -OCH3 is 1. The number of nitrogens with zero attached hydrogens (tertiary/aromatic N) is 4. The average molecular weight is 391 g/mol. The molecule has 0 amide bonds. The Morgan fingerprint density at radius 2 is 1.96 bits per heavy atom. The number of anilines is 1. The normalized spacial score (nSPS) is 18.6. The van der Waals surface area contributed by atoms with Crippen molar-refractivity contribution in [3.63, 3.8) is 0 Å². The monoisotopic (exact) mass is 391 g/mol. The van der Waals surface area contributed by atoms with E-state index >= 15 is 0 Å². The van der Waals surface area contributed by atoms with Gasteiger partial charge >= 0.3 is 0 Å². The molecule has 0 unspecified atom stereocenters. The lowest BCUT2D eigenvalue weighted by molar-refractivity contribution is 0.296. The highest BCUT2D eigenvalue weighted by molar-refractivity contribution is 7.86. The van der Waals surface area contributed by atoms with Crippen molar-refractivity contribution in [2.24, 2.45) is 0 Å². The van der Waals surface area contributed by atoms with Crippen LogP contribution in [0.4, 0.5) is 5.95 Å². The minimum Gasteiger partial charge on any atom is -0.497 e. The number of benzene rings is 1. The molecule has 2 heterocycles. The van der Waals surface area contributed by atoms with Gasteiger partial charge in [-0.25, -0.2) is 9.97 Å². The van der Waals surface area contributed by atoms with E-state index in [1.807, 2.05) is 24.3 Å². The summed E-state index contributed by atoms with van der Waals surface area (Å²) in [7, 11) is 1.25. The molecule has 146 valence electrons. The fourth-order valence-electron chi connectivity index (χ4n) is 3.32. The van der Waals surface area contributed by atoms with Crippen molar-refractivity contribution in [3.05, 3.63) is 36.2 Å². The van der Waals surface area contributed by atoms with Crippen LogP contribution in [0.5, 0.6) is 5.75 Å². The van der Waals surface area contributed by atoms with Crippen molar-refractivity contribution in [1.29, 1.82) is 0 Å². The maximum Gasteiger partial charge on any atom is 0.281 e. The van der Waals surface area contributed by atoms with Crippen LogP contribution >= 0.6 is 0 Å². The van der Waals surface area contributed by atoms with E-state index in [0.717, 1.165) is 35.4 Å². The standard InChI is InChI=1S/C18H25N5O3S/c1-22(2)27(24,25)23-10-4-5-14(12-23)17-16(11-20-18(19)21-17)13-6-8-15(26-3)9-7-13/h6-9,11,14H,4-5,10,12H2,1-3H3,(H2,19,20,21)/t14-/m0/s1. The molecule has 8 nitrogen and oxygen atoms in total. The van der Waals surface area contributed by atoms with Crippen molar-refractivity contribution < 1.29 is 13.2 Å². The molecule has 0 bridgehead atoms. The van der Waals surface area contributed by atoms with E-state index in [9.17, 15) is 8.42 Å². The van der Waals surface area contributed by atoms with E-state index in [0.29, 0.717) is 13.1 Å². The molecule has 1 aliphatic rings. The molecule has 1 aromatic carbocycles. The summed E-state index contributed by atoms with van der Waals surface area (Å²) in [6.07, 6.45) is 3.32. The summed E-state index contributed by atoms with van der Waals surface area (Å²) in [5, 5.41) is 0. The van der Waals surface area contributed by atoms with E-state index in [1.165, 1.54) is 8.61 Å². The number of hydrogen-bond donors (Lipinski definition) is 1. The molecule has 0 saturated carbocycles. The van der Waals surface area contributed by atoms with Gasteiger partial charge in [0.1, 0.15) is 5.75 Å². The summed E-state index contributed by atoms with van der Waals surface area (Å²) in [5.74, 6) is 0.906. The molecule has 1 aliphatic heterocycles. The maximum atomic E-state index is 12.5. The Balaban J connectivity index is 1.97. The molecular formula is C18H25N5O3S. The first-order valence-corrected chi connectivity index (χ1v) is 10.2. The molecule has 3 rings (SSSR count). The van der Waals surface area contributed by atoms with Crippen LogP contribution in [0.3, 0.4) is 0 Å². The summed E-state index contributed by atoms with van der Waals surface area (Å²) >= 11 is 0. The molecule has 9 heteroatoms. The molecule has 27 heavy (non-hydrogen) atoms. The predicted octanol–water partition coefficient (Wildman–Crippen LogP) is 1.72. The van der Waals surface area contributed by atoms with Gasteiger partial charge in [0.25, 0.3) is 10.2 Å². The van der Waals surface area contributed by atoms with Crippen LogP contribution in [0, 0.1) is 0 Å². The molecule has 1 saturated heterocycles. The second kappa shape index (κ2) is 7.79. The summed E-state index contributed by atoms with van der Waals surface area (Å²) in [6.45, 7) is 0.884. The molecular weight excluding hydrogens is 366 g/mol. The SMILES string of the molecule is COc1ccc(-c2cnc(N)nc2[C@H]2CCCN(S(=O)(=O)N(C)C)C2)cc1. The van der Waals surface area contributed by atoms with Crippen LogP contribution in [0.15, 0.2) is 30.5 Å². The van der Waals surface area contributed by atoms with Crippen LogP contribution in [0.2, 0.25) is 0 Å². The molecule has 0 radical (unpaired) electrons. The number of ether oxygens (including phenoxy) is 1. The van der Waals surface area contributed by atoms with Gasteiger partial charge in [0.05, 0.1) is 12.8 Å². The Morgan fingerprint density at radius 3 is 2.59 bits per heavy atom. The van der Waals surface area contributed by atoms with Crippen LogP contribution < -0.4 is 10.5 Å². The lowest BCUT2D eigenvalue weighted by atomic mass is 9.91. The zero-order valence-corrected chi connectivity index (χ0v) is 16.6. The number of nitrogens with two attached hydrogens (primary N) is 1. The zero-order valence-electron chi connectivity index (χ0n) is 15.8. The topological polar surface area (TPSA) is 102 Å². The Hall–Kier alpha value is -2.23. The van der Waals surface area contributed by atoms with Crippen LogP contribution in [0.25, 0.3) is 11.1 Å². The molecule has 0 spiro atoms. The number of hydrogen-bond acceptors (Lipinski definition) is 6. The van der Waals surface area contributed by atoms with Gasteiger partial charge in [-0.15, -0.1) is 0 Å². The smallest absolute Gasteiger partial charge is 0.281 e. The van der Waals surface area contributed by atoms with Gasteiger partial charge in [-0.3, -0.25) is 0 Å². The van der Waals surface area contributed by atoms with Crippen molar-refractivity contribution in [2.75, 3.05) is 40.0 Å². The van der Waals surface area contributed by atoms with Crippen LogP contribution in [-0.4, -0.2) is 61.3 Å². The highest BCUT2D eigenvalue weighted by Crippen LogP contribution is 2.34. The molecule has 2 aromatic rings. The first-order chi connectivity index (χ1) is 12.8. The number of nitrogen functional groups attached to an aromatic ring is 1. The largest absolute Gasteiger partial charge is 0.497 e. The Kier molecular flexibility index (Phi) is 5.64.